The Bertz CT molecular complexity index is 86.4. The first-order chi connectivity index (χ1) is 3.88. The molecule has 1 saturated carbocycles. The predicted molar refractivity (Wildman–Crippen MR) is 32.2 cm³/mol. The van der Waals surface area contributed by atoms with Crippen LogP contribution >= 0.6 is 0 Å². The highest BCUT2D eigenvalue weighted by Gasteiger charge is 2.28. The van der Waals surface area contributed by atoms with Gasteiger partial charge < -0.3 is 0 Å². The Morgan fingerprint density at radius 3 is 2.50 bits per heavy atom. The van der Waals surface area contributed by atoms with Crippen LogP contribution in [0.2, 0.25) is 0 Å². The summed E-state index contributed by atoms with van der Waals surface area (Å²) in [7, 11) is 0. The van der Waals surface area contributed by atoms with E-state index in [4.69, 9.17) is 0 Å². The molecule has 1 heteroatoms. The third kappa shape index (κ3) is 0.770. The Labute approximate surface area is 50.1 Å². The van der Waals surface area contributed by atoms with Crippen LogP contribution in [0.4, 0.5) is 0 Å². The minimum Gasteiger partial charge on any atom is -0.291 e. The van der Waals surface area contributed by atoms with E-state index in [1.54, 1.807) is 0 Å². The van der Waals surface area contributed by atoms with Gasteiger partial charge in [-0.15, -0.1) is 0 Å². The summed E-state index contributed by atoms with van der Waals surface area (Å²) in [6.45, 7) is 2.13. The van der Waals surface area contributed by atoms with Crippen molar-refractivity contribution in [1.29, 1.82) is 0 Å². The highest BCUT2D eigenvalue weighted by molar-refractivity contribution is 5.56. The Morgan fingerprint density at radius 2 is 2.38 bits per heavy atom. The van der Waals surface area contributed by atoms with Gasteiger partial charge >= 0.3 is 0 Å². The smallest absolute Gasteiger partial charge is 0.202 e. The van der Waals surface area contributed by atoms with E-state index in [2.05, 4.69) is 13.2 Å². The van der Waals surface area contributed by atoms with Gasteiger partial charge in [-0.2, -0.15) is 0 Å². The van der Waals surface area contributed by atoms with E-state index < -0.39 is 0 Å². The SMILES string of the molecule is CCC1CCC1[C]=O. The maximum atomic E-state index is 10.0. The Balaban J connectivity index is 2.26. The zero-order chi connectivity index (χ0) is 5.98. The van der Waals surface area contributed by atoms with Crippen LogP contribution in [-0.4, -0.2) is 6.29 Å². The molecule has 45 valence electrons. The summed E-state index contributed by atoms with van der Waals surface area (Å²) in [6, 6.07) is 0. The molecule has 2 atom stereocenters. The predicted octanol–water partition coefficient (Wildman–Crippen LogP) is 1.53. The second-order valence-corrected chi connectivity index (χ2v) is 2.47. The van der Waals surface area contributed by atoms with Gasteiger partial charge in [0.25, 0.3) is 0 Å². The second kappa shape index (κ2) is 2.29. The van der Waals surface area contributed by atoms with Crippen molar-refractivity contribution < 1.29 is 4.79 Å². The van der Waals surface area contributed by atoms with Gasteiger partial charge in [0.15, 0.2) is 0 Å². The summed E-state index contributed by atoms with van der Waals surface area (Å²) in [6.07, 6.45) is 5.54. The maximum absolute atomic E-state index is 10.0. The van der Waals surface area contributed by atoms with E-state index in [0.29, 0.717) is 11.8 Å². The zero-order valence-corrected chi connectivity index (χ0v) is 5.18. The summed E-state index contributed by atoms with van der Waals surface area (Å²) >= 11 is 0. The van der Waals surface area contributed by atoms with Crippen molar-refractivity contribution >= 4 is 6.29 Å². The van der Waals surface area contributed by atoms with E-state index in [9.17, 15) is 4.79 Å². The van der Waals surface area contributed by atoms with Crippen LogP contribution < -0.4 is 0 Å². The van der Waals surface area contributed by atoms with Crippen molar-refractivity contribution in [2.24, 2.45) is 11.8 Å². The van der Waals surface area contributed by atoms with Gasteiger partial charge in [0, 0.05) is 5.92 Å². The average Bonchev–Trinajstić information content (AvgIpc) is 1.66. The van der Waals surface area contributed by atoms with E-state index in [1.807, 2.05) is 0 Å². The molecule has 1 fully saturated rings. The molecule has 2 unspecified atom stereocenters. The van der Waals surface area contributed by atoms with Gasteiger partial charge in [0.1, 0.15) is 0 Å². The molecule has 1 nitrogen and oxygen atoms in total. The van der Waals surface area contributed by atoms with Crippen molar-refractivity contribution in [3.05, 3.63) is 0 Å². The molecular weight excluding hydrogens is 100 g/mol. The van der Waals surface area contributed by atoms with Gasteiger partial charge in [-0.05, 0) is 18.8 Å². The zero-order valence-electron chi connectivity index (χ0n) is 5.18. The fraction of sp³-hybridized carbons (Fsp3) is 0.857. The first-order valence-corrected chi connectivity index (χ1v) is 3.26. The molecule has 8 heavy (non-hydrogen) atoms. The first kappa shape index (κ1) is 5.80. The monoisotopic (exact) mass is 111 g/mol. The Kier molecular flexibility index (Phi) is 1.66. The Hall–Kier alpha value is -0.330. The van der Waals surface area contributed by atoms with Gasteiger partial charge in [-0.1, -0.05) is 13.3 Å². The van der Waals surface area contributed by atoms with Crippen molar-refractivity contribution in [2.45, 2.75) is 26.2 Å². The van der Waals surface area contributed by atoms with Crippen LogP contribution in [0.5, 0.6) is 0 Å². The molecule has 0 amide bonds. The standard InChI is InChI=1S/C7H11O/c1-2-6-3-4-7(6)5-8/h6-7H,2-4H2,1H3. The number of rotatable bonds is 2. The summed E-state index contributed by atoms with van der Waals surface area (Å²) in [5.41, 5.74) is 0. The highest BCUT2D eigenvalue weighted by atomic mass is 16.1. The summed E-state index contributed by atoms with van der Waals surface area (Å²) in [4.78, 5) is 10.0. The van der Waals surface area contributed by atoms with Crippen LogP contribution in [0, 0.1) is 11.8 Å². The van der Waals surface area contributed by atoms with Crippen LogP contribution in [0.3, 0.4) is 0 Å². The molecule has 1 rings (SSSR count). The minimum atomic E-state index is 0.292. The average molecular weight is 111 g/mol. The Morgan fingerprint density at radius 1 is 1.62 bits per heavy atom. The van der Waals surface area contributed by atoms with Crippen LogP contribution in [0.1, 0.15) is 26.2 Å². The minimum absolute atomic E-state index is 0.292. The molecule has 0 aromatic rings. The lowest BCUT2D eigenvalue weighted by Gasteiger charge is -2.30. The van der Waals surface area contributed by atoms with Crippen molar-refractivity contribution in [3.63, 3.8) is 0 Å². The summed E-state index contributed by atoms with van der Waals surface area (Å²) in [5.74, 6) is 0.965. The van der Waals surface area contributed by atoms with E-state index >= 15 is 0 Å². The topological polar surface area (TPSA) is 17.1 Å². The molecule has 0 aliphatic heterocycles. The molecular formula is C7H11O. The normalized spacial score (nSPS) is 36.1. The molecule has 1 aliphatic carbocycles. The lowest BCUT2D eigenvalue weighted by molar-refractivity contribution is 0.232. The number of carbonyl (C=O) groups excluding carboxylic acids is 1. The first-order valence-electron chi connectivity index (χ1n) is 3.26. The fourth-order valence-electron chi connectivity index (χ4n) is 1.21. The van der Waals surface area contributed by atoms with Crippen LogP contribution in [-0.2, 0) is 4.79 Å². The van der Waals surface area contributed by atoms with E-state index in [-0.39, 0.29) is 0 Å². The van der Waals surface area contributed by atoms with Crippen LogP contribution in [0.15, 0.2) is 0 Å². The second-order valence-electron chi connectivity index (χ2n) is 2.47. The largest absolute Gasteiger partial charge is 0.291 e. The molecule has 0 spiro atoms. The van der Waals surface area contributed by atoms with Crippen molar-refractivity contribution in [3.8, 4) is 0 Å². The molecule has 1 aliphatic rings. The summed E-state index contributed by atoms with van der Waals surface area (Å²) < 4.78 is 0. The number of hydrogen-bond donors (Lipinski definition) is 0. The quantitative estimate of drug-likeness (QED) is 0.528. The van der Waals surface area contributed by atoms with E-state index in [0.717, 1.165) is 12.8 Å². The lowest BCUT2D eigenvalue weighted by Crippen LogP contribution is -2.25. The number of hydrogen-bond acceptors (Lipinski definition) is 1. The van der Waals surface area contributed by atoms with Gasteiger partial charge in [-0.3, -0.25) is 4.79 Å². The van der Waals surface area contributed by atoms with Gasteiger partial charge in [-0.25, -0.2) is 0 Å². The fourth-order valence-corrected chi connectivity index (χ4v) is 1.21. The highest BCUT2D eigenvalue weighted by Crippen LogP contribution is 2.34. The molecule has 0 aromatic carbocycles. The molecule has 0 saturated heterocycles. The maximum Gasteiger partial charge on any atom is 0.202 e. The van der Waals surface area contributed by atoms with Gasteiger partial charge in [0.2, 0.25) is 6.29 Å². The lowest BCUT2D eigenvalue weighted by atomic mass is 9.73. The van der Waals surface area contributed by atoms with Crippen LogP contribution in [0.25, 0.3) is 0 Å². The molecule has 0 heterocycles. The molecule has 0 bridgehead atoms. The van der Waals surface area contributed by atoms with Gasteiger partial charge in [0.05, 0.1) is 0 Å². The summed E-state index contributed by atoms with van der Waals surface area (Å²) in [5, 5.41) is 0. The molecule has 1 radical (unpaired) electrons. The van der Waals surface area contributed by atoms with E-state index in [1.165, 1.54) is 6.42 Å². The third-order valence-corrected chi connectivity index (χ3v) is 2.09. The third-order valence-electron chi connectivity index (χ3n) is 2.09. The van der Waals surface area contributed by atoms with Crippen molar-refractivity contribution in [2.75, 3.05) is 0 Å². The molecule has 0 N–H and O–H groups in total. The van der Waals surface area contributed by atoms with Crippen molar-refractivity contribution in [1.82, 2.24) is 0 Å². The molecule has 0 aromatic heterocycles.